The standard InChI is InChI=1S/C14H13ClO2S/c1-10-7-8-11(9-13(10)15)12-5-3-4-6-14(12)18(2,16)17/h3-9H,1-2H3. The summed E-state index contributed by atoms with van der Waals surface area (Å²) in [5.41, 5.74) is 2.46. The summed E-state index contributed by atoms with van der Waals surface area (Å²) < 4.78 is 23.5. The minimum atomic E-state index is -3.25. The van der Waals surface area contributed by atoms with Gasteiger partial charge in [0.1, 0.15) is 0 Å². The van der Waals surface area contributed by atoms with Gasteiger partial charge in [-0.15, -0.1) is 0 Å². The minimum Gasteiger partial charge on any atom is -0.224 e. The van der Waals surface area contributed by atoms with Crippen LogP contribution in [0.1, 0.15) is 5.56 Å². The Kier molecular flexibility index (Phi) is 3.46. The quantitative estimate of drug-likeness (QED) is 0.840. The lowest BCUT2D eigenvalue weighted by molar-refractivity contribution is 0.602. The van der Waals surface area contributed by atoms with E-state index in [0.29, 0.717) is 15.5 Å². The molecule has 2 nitrogen and oxygen atoms in total. The number of benzene rings is 2. The van der Waals surface area contributed by atoms with Gasteiger partial charge in [-0.1, -0.05) is 41.9 Å². The first-order valence-corrected chi connectivity index (χ1v) is 7.72. The van der Waals surface area contributed by atoms with E-state index in [-0.39, 0.29) is 0 Å². The largest absolute Gasteiger partial charge is 0.224 e. The second-order valence-electron chi connectivity index (χ2n) is 4.23. The maximum atomic E-state index is 11.7. The molecule has 0 amide bonds. The molecule has 0 atom stereocenters. The zero-order chi connectivity index (χ0) is 13.3. The van der Waals surface area contributed by atoms with E-state index < -0.39 is 9.84 Å². The van der Waals surface area contributed by atoms with Gasteiger partial charge < -0.3 is 0 Å². The van der Waals surface area contributed by atoms with Gasteiger partial charge >= 0.3 is 0 Å². The summed E-state index contributed by atoms with van der Waals surface area (Å²) in [7, 11) is -3.25. The molecule has 2 rings (SSSR count). The number of aryl methyl sites for hydroxylation is 1. The molecule has 2 aromatic carbocycles. The number of rotatable bonds is 2. The molecule has 0 spiro atoms. The van der Waals surface area contributed by atoms with Crippen molar-refractivity contribution in [3.8, 4) is 11.1 Å². The van der Waals surface area contributed by atoms with Crippen molar-refractivity contribution in [1.29, 1.82) is 0 Å². The lowest BCUT2D eigenvalue weighted by Crippen LogP contribution is -1.99. The monoisotopic (exact) mass is 280 g/mol. The molecule has 2 aromatic rings. The van der Waals surface area contributed by atoms with Gasteiger partial charge in [0.05, 0.1) is 4.90 Å². The van der Waals surface area contributed by atoms with E-state index in [2.05, 4.69) is 0 Å². The van der Waals surface area contributed by atoms with Crippen LogP contribution in [0, 0.1) is 6.92 Å². The van der Waals surface area contributed by atoms with E-state index in [4.69, 9.17) is 11.6 Å². The van der Waals surface area contributed by atoms with E-state index in [1.54, 1.807) is 24.3 Å². The molecule has 18 heavy (non-hydrogen) atoms. The highest BCUT2D eigenvalue weighted by atomic mass is 35.5. The predicted molar refractivity (Wildman–Crippen MR) is 74.7 cm³/mol. The molecule has 0 saturated heterocycles. The fourth-order valence-electron chi connectivity index (χ4n) is 1.79. The summed E-state index contributed by atoms with van der Waals surface area (Å²) in [6.45, 7) is 1.91. The van der Waals surface area contributed by atoms with Crippen LogP contribution in [-0.4, -0.2) is 14.7 Å². The van der Waals surface area contributed by atoms with E-state index in [1.807, 2.05) is 25.1 Å². The third-order valence-corrected chi connectivity index (χ3v) is 4.33. The highest BCUT2D eigenvalue weighted by Crippen LogP contribution is 2.30. The fraction of sp³-hybridized carbons (Fsp3) is 0.143. The summed E-state index contributed by atoms with van der Waals surface area (Å²) in [4.78, 5) is 0.324. The van der Waals surface area contributed by atoms with Crippen molar-refractivity contribution in [2.45, 2.75) is 11.8 Å². The van der Waals surface area contributed by atoms with Crippen LogP contribution in [0.15, 0.2) is 47.4 Å². The second-order valence-corrected chi connectivity index (χ2v) is 6.62. The highest BCUT2D eigenvalue weighted by molar-refractivity contribution is 7.90. The van der Waals surface area contributed by atoms with Gasteiger partial charge in [-0.25, -0.2) is 8.42 Å². The molecule has 94 valence electrons. The zero-order valence-electron chi connectivity index (χ0n) is 10.1. The Morgan fingerprint density at radius 1 is 1.06 bits per heavy atom. The smallest absolute Gasteiger partial charge is 0.176 e. The number of hydrogen-bond acceptors (Lipinski definition) is 2. The maximum Gasteiger partial charge on any atom is 0.176 e. The van der Waals surface area contributed by atoms with Crippen LogP contribution < -0.4 is 0 Å². The Labute approximate surface area is 112 Å². The van der Waals surface area contributed by atoms with Gasteiger partial charge in [0.15, 0.2) is 9.84 Å². The predicted octanol–water partition coefficient (Wildman–Crippen LogP) is 3.72. The molecule has 0 aliphatic carbocycles. The van der Waals surface area contributed by atoms with Crippen molar-refractivity contribution >= 4 is 21.4 Å². The van der Waals surface area contributed by atoms with E-state index in [0.717, 1.165) is 11.1 Å². The average molecular weight is 281 g/mol. The Morgan fingerprint density at radius 3 is 2.33 bits per heavy atom. The number of sulfone groups is 1. The molecule has 0 radical (unpaired) electrons. The van der Waals surface area contributed by atoms with Gasteiger partial charge in [-0.2, -0.15) is 0 Å². The third kappa shape index (κ3) is 2.57. The summed E-state index contributed by atoms with van der Waals surface area (Å²) in [6.07, 6.45) is 1.21. The molecule has 0 aliphatic rings. The maximum absolute atomic E-state index is 11.7. The highest BCUT2D eigenvalue weighted by Gasteiger charge is 2.14. The Balaban J connectivity index is 2.68. The summed E-state index contributed by atoms with van der Waals surface area (Å²) >= 11 is 6.08. The molecule has 0 fully saturated rings. The molecule has 0 aliphatic heterocycles. The zero-order valence-corrected chi connectivity index (χ0v) is 11.7. The fourth-order valence-corrected chi connectivity index (χ4v) is 2.88. The van der Waals surface area contributed by atoms with Crippen molar-refractivity contribution in [2.75, 3.05) is 6.26 Å². The Hall–Kier alpha value is -1.32. The number of hydrogen-bond donors (Lipinski definition) is 0. The Bertz CT molecular complexity index is 691. The van der Waals surface area contributed by atoms with Crippen molar-refractivity contribution < 1.29 is 8.42 Å². The molecule has 0 heterocycles. The molecular weight excluding hydrogens is 268 g/mol. The first kappa shape index (κ1) is 13.1. The summed E-state index contributed by atoms with van der Waals surface area (Å²) in [6, 6.07) is 12.5. The first-order valence-electron chi connectivity index (χ1n) is 5.45. The van der Waals surface area contributed by atoms with Crippen molar-refractivity contribution in [1.82, 2.24) is 0 Å². The lowest BCUT2D eigenvalue weighted by atomic mass is 10.0. The normalized spacial score (nSPS) is 11.5. The van der Waals surface area contributed by atoms with E-state index in [1.165, 1.54) is 6.26 Å². The third-order valence-electron chi connectivity index (χ3n) is 2.77. The summed E-state index contributed by atoms with van der Waals surface area (Å²) in [5, 5.41) is 0.635. The van der Waals surface area contributed by atoms with Gasteiger partial charge in [-0.3, -0.25) is 0 Å². The molecule has 0 saturated carbocycles. The van der Waals surface area contributed by atoms with Crippen LogP contribution in [-0.2, 0) is 9.84 Å². The SMILES string of the molecule is Cc1ccc(-c2ccccc2S(C)(=O)=O)cc1Cl. The topological polar surface area (TPSA) is 34.1 Å². The van der Waals surface area contributed by atoms with Crippen LogP contribution in [0.3, 0.4) is 0 Å². The molecule has 0 unspecified atom stereocenters. The second kappa shape index (κ2) is 4.75. The van der Waals surface area contributed by atoms with Crippen LogP contribution in [0.5, 0.6) is 0 Å². The van der Waals surface area contributed by atoms with Gasteiger partial charge in [0.25, 0.3) is 0 Å². The van der Waals surface area contributed by atoms with Gasteiger partial charge in [-0.05, 0) is 30.2 Å². The van der Waals surface area contributed by atoms with Crippen LogP contribution in [0.25, 0.3) is 11.1 Å². The molecule has 0 aromatic heterocycles. The van der Waals surface area contributed by atoms with Crippen molar-refractivity contribution in [2.24, 2.45) is 0 Å². The summed E-state index contributed by atoms with van der Waals surface area (Å²) in [5.74, 6) is 0. The number of halogens is 1. The molecule has 0 bridgehead atoms. The van der Waals surface area contributed by atoms with Gasteiger partial charge in [0.2, 0.25) is 0 Å². The van der Waals surface area contributed by atoms with Crippen LogP contribution in [0.2, 0.25) is 5.02 Å². The average Bonchev–Trinajstić information content (AvgIpc) is 2.32. The van der Waals surface area contributed by atoms with E-state index >= 15 is 0 Å². The van der Waals surface area contributed by atoms with E-state index in [9.17, 15) is 8.42 Å². The molecular formula is C14H13ClO2S. The lowest BCUT2D eigenvalue weighted by Gasteiger charge is -2.09. The Morgan fingerprint density at radius 2 is 1.72 bits per heavy atom. The van der Waals surface area contributed by atoms with Crippen LogP contribution >= 0.6 is 11.6 Å². The first-order chi connectivity index (χ1) is 8.39. The molecule has 0 N–H and O–H groups in total. The molecule has 4 heteroatoms. The van der Waals surface area contributed by atoms with Crippen molar-refractivity contribution in [3.63, 3.8) is 0 Å². The van der Waals surface area contributed by atoms with Gasteiger partial charge in [0, 0.05) is 16.8 Å². The van der Waals surface area contributed by atoms with Crippen LogP contribution in [0.4, 0.5) is 0 Å². The van der Waals surface area contributed by atoms with Crippen molar-refractivity contribution in [3.05, 3.63) is 53.1 Å². The minimum absolute atomic E-state index is 0.324.